The van der Waals surface area contributed by atoms with Crippen molar-refractivity contribution in [3.63, 3.8) is 0 Å². The number of hydrogen-bond acceptors (Lipinski definition) is 6. The number of benzene rings is 2. The fourth-order valence-electron chi connectivity index (χ4n) is 3.11. The average molecular weight is 426 g/mol. The molecule has 2 N–H and O–H groups in total. The first-order chi connectivity index (χ1) is 14.6. The van der Waals surface area contributed by atoms with Crippen LogP contribution in [0.3, 0.4) is 0 Å². The van der Waals surface area contributed by atoms with Crippen LogP contribution in [0, 0.1) is 0 Å². The molecule has 4 rings (SSSR count). The number of anilines is 1. The standard InChI is InChI=1S/C21H20ClN5O3/c1-3-30-18-16(22)9-13(10-17(18)29-2)11-23-21-25-19-15(20(28)26-21)12-24-27(19)14-7-5-4-6-8-14/h4-10,12H,3,11H2,1-2H3,(H2,23,25,26,28). The third-order valence-corrected chi connectivity index (χ3v) is 4.76. The van der Waals surface area contributed by atoms with Crippen molar-refractivity contribution in [3.8, 4) is 17.2 Å². The molecule has 0 spiro atoms. The molecule has 4 aromatic rings. The van der Waals surface area contributed by atoms with E-state index in [2.05, 4.69) is 20.4 Å². The highest BCUT2D eigenvalue weighted by molar-refractivity contribution is 6.32. The van der Waals surface area contributed by atoms with Crippen LogP contribution in [-0.4, -0.2) is 33.5 Å². The highest BCUT2D eigenvalue weighted by Gasteiger charge is 2.14. The van der Waals surface area contributed by atoms with Gasteiger partial charge in [-0.25, -0.2) is 4.68 Å². The van der Waals surface area contributed by atoms with Crippen LogP contribution in [0.15, 0.2) is 53.5 Å². The summed E-state index contributed by atoms with van der Waals surface area (Å²) in [5.41, 5.74) is 1.86. The van der Waals surface area contributed by atoms with Crippen molar-refractivity contribution >= 4 is 28.6 Å². The molecule has 0 bridgehead atoms. The minimum atomic E-state index is -0.271. The van der Waals surface area contributed by atoms with Crippen LogP contribution in [-0.2, 0) is 6.54 Å². The zero-order valence-corrected chi connectivity index (χ0v) is 17.2. The number of H-pyrrole nitrogens is 1. The Morgan fingerprint density at radius 3 is 2.77 bits per heavy atom. The lowest BCUT2D eigenvalue weighted by Crippen LogP contribution is -2.13. The van der Waals surface area contributed by atoms with E-state index < -0.39 is 0 Å². The quantitative estimate of drug-likeness (QED) is 0.468. The summed E-state index contributed by atoms with van der Waals surface area (Å²) in [6.45, 7) is 2.73. The second-order valence-electron chi connectivity index (χ2n) is 6.44. The monoisotopic (exact) mass is 425 g/mol. The van der Waals surface area contributed by atoms with Gasteiger partial charge in [0.25, 0.3) is 5.56 Å². The van der Waals surface area contributed by atoms with E-state index in [1.54, 1.807) is 17.9 Å². The molecule has 0 atom stereocenters. The van der Waals surface area contributed by atoms with E-state index >= 15 is 0 Å². The second-order valence-corrected chi connectivity index (χ2v) is 6.85. The van der Waals surface area contributed by atoms with Gasteiger partial charge in [0.2, 0.25) is 5.95 Å². The van der Waals surface area contributed by atoms with E-state index in [-0.39, 0.29) is 5.56 Å². The first kappa shape index (κ1) is 19.8. The number of para-hydroxylation sites is 1. The molecule has 0 aliphatic heterocycles. The predicted molar refractivity (Wildman–Crippen MR) is 116 cm³/mol. The Bertz CT molecular complexity index is 1240. The number of methoxy groups -OCH3 is 1. The molecule has 0 radical (unpaired) electrons. The van der Waals surface area contributed by atoms with Gasteiger partial charge < -0.3 is 14.8 Å². The molecule has 8 nitrogen and oxygen atoms in total. The molecule has 154 valence electrons. The van der Waals surface area contributed by atoms with Crippen molar-refractivity contribution in [1.82, 2.24) is 19.7 Å². The van der Waals surface area contributed by atoms with Gasteiger partial charge >= 0.3 is 0 Å². The van der Waals surface area contributed by atoms with Crippen LogP contribution in [0.5, 0.6) is 11.5 Å². The van der Waals surface area contributed by atoms with Crippen LogP contribution in [0.4, 0.5) is 5.95 Å². The van der Waals surface area contributed by atoms with Gasteiger partial charge in [0.05, 0.1) is 30.6 Å². The number of nitrogens with zero attached hydrogens (tertiary/aromatic N) is 3. The Morgan fingerprint density at radius 1 is 1.23 bits per heavy atom. The normalized spacial score (nSPS) is 10.9. The minimum Gasteiger partial charge on any atom is -0.493 e. The molecular formula is C21H20ClN5O3. The molecule has 0 saturated carbocycles. The number of fused-ring (bicyclic) bond motifs is 1. The number of rotatable bonds is 7. The summed E-state index contributed by atoms with van der Waals surface area (Å²) in [7, 11) is 1.56. The lowest BCUT2D eigenvalue weighted by Gasteiger charge is -2.13. The lowest BCUT2D eigenvalue weighted by atomic mass is 10.2. The van der Waals surface area contributed by atoms with Gasteiger partial charge in [0.15, 0.2) is 17.1 Å². The number of aromatic nitrogens is 4. The fraction of sp³-hybridized carbons (Fsp3) is 0.190. The SMILES string of the molecule is CCOc1c(Cl)cc(CNc2nc3c(cnn3-c3ccccc3)c(=O)[nH]2)cc1OC. The summed E-state index contributed by atoms with van der Waals surface area (Å²) in [6.07, 6.45) is 1.51. The highest BCUT2D eigenvalue weighted by atomic mass is 35.5. The molecule has 2 heterocycles. The van der Waals surface area contributed by atoms with Crippen molar-refractivity contribution in [2.24, 2.45) is 0 Å². The Balaban J connectivity index is 1.64. The van der Waals surface area contributed by atoms with Crippen molar-refractivity contribution in [3.05, 3.63) is 69.6 Å². The van der Waals surface area contributed by atoms with Crippen LogP contribution < -0.4 is 20.3 Å². The first-order valence-corrected chi connectivity index (χ1v) is 9.75. The van der Waals surface area contributed by atoms with Crippen LogP contribution in [0.25, 0.3) is 16.7 Å². The third-order valence-electron chi connectivity index (χ3n) is 4.48. The van der Waals surface area contributed by atoms with E-state index in [0.29, 0.717) is 46.7 Å². The number of halogens is 1. The molecule has 0 unspecified atom stereocenters. The largest absolute Gasteiger partial charge is 0.493 e. The summed E-state index contributed by atoms with van der Waals surface area (Å²) < 4.78 is 12.6. The zero-order chi connectivity index (χ0) is 21.1. The maximum atomic E-state index is 12.5. The Labute approximate surface area is 177 Å². The molecule has 2 aromatic heterocycles. The fourth-order valence-corrected chi connectivity index (χ4v) is 3.39. The molecule has 9 heteroatoms. The van der Waals surface area contributed by atoms with E-state index in [0.717, 1.165) is 11.3 Å². The molecule has 0 aliphatic rings. The Kier molecular flexibility index (Phi) is 5.58. The first-order valence-electron chi connectivity index (χ1n) is 9.37. The van der Waals surface area contributed by atoms with Gasteiger partial charge in [-0.15, -0.1) is 0 Å². The van der Waals surface area contributed by atoms with Crippen LogP contribution in [0.2, 0.25) is 5.02 Å². The third kappa shape index (κ3) is 3.81. The van der Waals surface area contributed by atoms with E-state index in [1.165, 1.54) is 6.20 Å². The van der Waals surface area contributed by atoms with Gasteiger partial charge in [-0.05, 0) is 36.8 Å². The Morgan fingerprint density at radius 2 is 2.03 bits per heavy atom. The van der Waals surface area contributed by atoms with Crippen molar-refractivity contribution < 1.29 is 9.47 Å². The molecule has 2 aromatic carbocycles. The smallest absolute Gasteiger partial charge is 0.263 e. The number of hydrogen-bond donors (Lipinski definition) is 2. The van der Waals surface area contributed by atoms with E-state index in [9.17, 15) is 4.79 Å². The molecule has 0 fully saturated rings. The predicted octanol–water partition coefficient (Wildman–Crippen LogP) is 3.78. The molecule has 0 amide bonds. The summed E-state index contributed by atoms with van der Waals surface area (Å²) in [6, 6.07) is 13.1. The molecule has 0 saturated heterocycles. The number of nitrogens with one attached hydrogen (secondary N) is 2. The van der Waals surface area contributed by atoms with Gasteiger partial charge in [0, 0.05) is 6.54 Å². The summed E-state index contributed by atoms with van der Waals surface area (Å²) in [5, 5.41) is 8.30. The van der Waals surface area contributed by atoms with Gasteiger partial charge in [-0.2, -0.15) is 10.1 Å². The van der Waals surface area contributed by atoms with Crippen molar-refractivity contribution in [1.29, 1.82) is 0 Å². The van der Waals surface area contributed by atoms with Crippen LogP contribution in [0.1, 0.15) is 12.5 Å². The van der Waals surface area contributed by atoms with Crippen molar-refractivity contribution in [2.45, 2.75) is 13.5 Å². The molecule has 0 aliphatic carbocycles. The summed E-state index contributed by atoms with van der Waals surface area (Å²) >= 11 is 6.33. The number of aromatic amines is 1. The average Bonchev–Trinajstić information content (AvgIpc) is 3.19. The van der Waals surface area contributed by atoms with E-state index in [1.807, 2.05) is 43.3 Å². The lowest BCUT2D eigenvalue weighted by molar-refractivity contribution is 0.311. The van der Waals surface area contributed by atoms with Gasteiger partial charge in [-0.1, -0.05) is 29.8 Å². The number of ether oxygens (including phenoxy) is 2. The van der Waals surface area contributed by atoms with Gasteiger partial charge in [0.1, 0.15) is 5.39 Å². The summed E-state index contributed by atoms with van der Waals surface area (Å²) in [4.78, 5) is 19.8. The molecule has 30 heavy (non-hydrogen) atoms. The molecular weight excluding hydrogens is 406 g/mol. The minimum absolute atomic E-state index is 0.271. The second kappa shape index (κ2) is 8.46. The maximum Gasteiger partial charge on any atom is 0.263 e. The summed E-state index contributed by atoms with van der Waals surface area (Å²) in [5.74, 6) is 1.37. The maximum absolute atomic E-state index is 12.5. The van der Waals surface area contributed by atoms with Gasteiger partial charge in [-0.3, -0.25) is 9.78 Å². The topological polar surface area (TPSA) is 94.1 Å². The zero-order valence-electron chi connectivity index (χ0n) is 16.5. The highest BCUT2D eigenvalue weighted by Crippen LogP contribution is 2.36. The van der Waals surface area contributed by atoms with Crippen molar-refractivity contribution in [2.75, 3.05) is 19.0 Å². The van der Waals surface area contributed by atoms with Crippen LogP contribution >= 0.6 is 11.6 Å². The van der Waals surface area contributed by atoms with E-state index in [4.69, 9.17) is 21.1 Å². The Hall–Kier alpha value is -3.52.